The van der Waals surface area contributed by atoms with Crippen LogP contribution in [0.1, 0.15) is 23.3 Å². The van der Waals surface area contributed by atoms with Gasteiger partial charge in [0.05, 0.1) is 22.3 Å². The van der Waals surface area contributed by atoms with E-state index in [0.29, 0.717) is 69.2 Å². The summed E-state index contributed by atoms with van der Waals surface area (Å²) in [4.78, 5) is 42.6. The SMILES string of the molecule is Cc1nc(C)nc(-c2ccc3c(c2)c2cc(-c4nc(C)nc(C)n4)ccc2n3-c2ccc(-c3c(F)cccc3F)cc2-c2nc(-c3ccccc3)nc(-c3ccccc3)n2)n1. The number of benzene rings is 6. The van der Waals surface area contributed by atoms with Crippen LogP contribution in [0.3, 0.4) is 0 Å². The van der Waals surface area contributed by atoms with Gasteiger partial charge in [0.15, 0.2) is 29.1 Å². The lowest BCUT2D eigenvalue weighted by atomic mass is 9.99. The predicted molar refractivity (Wildman–Crippen MR) is 232 cm³/mol. The molecular formula is C49H34F2N10. The molecule has 0 fully saturated rings. The third kappa shape index (κ3) is 6.93. The van der Waals surface area contributed by atoms with Gasteiger partial charge in [-0.05, 0) is 93.9 Å². The summed E-state index contributed by atoms with van der Waals surface area (Å²) in [6, 6.07) is 40.7. The molecule has 0 bridgehead atoms. The molecule has 10 rings (SSSR count). The Morgan fingerprint density at radius 2 is 0.787 bits per heavy atom. The Kier molecular flexibility index (Phi) is 9.17. The zero-order valence-electron chi connectivity index (χ0n) is 33.4. The average molecular weight is 801 g/mol. The number of aromatic nitrogens is 10. The zero-order chi connectivity index (χ0) is 41.8. The van der Waals surface area contributed by atoms with Crippen molar-refractivity contribution in [1.82, 2.24) is 49.4 Å². The number of hydrogen-bond acceptors (Lipinski definition) is 9. The van der Waals surface area contributed by atoms with Gasteiger partial charge in [0.25, 0.3) is 0 Å². The van der Waals surface area contributed by atoms with E-state index < -0.39 is 11.6 Å². The number of hydrogen-bond donors (Lipinski definition) is 0. The summed E-state index contributed by atoms with van der Waals surface area (Å²) in [7, 11) is 0. The van der Waals surface area contributed by atoms with E-state index in [1.165, 1.54) is 18.2 Å². The lowest BCUT2D eigenvalue weighted by Gasteiger charge is -2.17. The maximum Gasteiger partial charge on any atom is 0.166 e. The average Bonchev–Trinajstić information content (AvgIpc) is 3.59. The van der Waals surface area contributed by atoms with Gasteiger partial charge in [0.2, 0.25) is 0 Å². The molecule has 0 aliphatic heterocycles. The summed E-state index contributed by atoms with van der Waals surface area (Å²) in [6.45, 7) is 7.39. The summed E-state index contributed by atoms with van der Waals surface area (Å²) >= 11 is 0. The van der Waals surface area contributed by atoms with E-state index in [1.807, 2.05) is 119 Å². The fourth-order valence-corrected chi connectivity index (χ4v) is 7.82. The number of halogens is 2. The maximum absolute atomic E-state index is 15.6. The second kappa shape index (κ2) is 15.0. The Bertz CT molecular complexity index is 3110. The smallest absolute Gasteiger partial charge is 0.166 e. The molecule has 10 aromatic rings. The van der Waals surface area contributed by atoms with Crippen molar-refractivity contribution in [3.05, 3.63) is 168 Å². The molecule has 12 heteroatoms. The van der Waals surface area contributed by atoms with Gasteiger partial charge in [-0.15, -0.1) is 0 Å². The van der Waals surface area contributed by atoms with Crippen molar-refractivity contribution in [3.8, 4) is 73.8 Å². The first-order valence-corrected chi connectivity index (χ1v) is 19.6. The van der Waals surface area contributed by atoms with E-state index in [2.05, 4.69) is 46.6 Å². The number of aryl methyl sites for hydroxylation is 4. The van der Waals surface area contributed by atoms with Gasteiger partial charge in [0, 0.05) is 38.6 Å². The van der Waals surface area contributed by atoms with Gasteiger partial charge in [-0.25, -0.2) is 53.6 Å². The van der Waals surface area contributed by atoms with Crippen molar-refractivity contribution in [3.63, 3.8) is 0 Å². The molecule has 10 nitrogen and oxygen atoms in total. The van der Waals surface area contributed by atoms with Crippen molar-refractivity contribution in [2.75, 3.05) is 0 Å². The van der Waals surface area contributed by atoms with Crippen molar-refractivity contribution < 1.29 is 8.78 Å². The minimum absolute atomic E-state index is 0.154. The number of nitrogens with zero attached hydrogens (tertiary/aromatic N) is 10. The van der Waals surface area contributed by atoms with E-state index in [9.17, 15) is 0 Å². The van der Waals surface area contributed by atoms with Gasteiger partial charge in [0.1, 0.15) is 34.9 Å². The van der Waals surface area contributed by atoms with Crippen molar-refractivity contribution in [2.45, 2.75) is 27.7 Å². The summed E-state index contributed by atoms with van der Waals surface area (Å²) in [5, 5.41) is 1.79. The molecular weight excluding hydrogens is 767 g/mol. The third-order valence-corrected chi connectivity index (χ3v) is 10.4. The maximum atomic E-state index is 15.6. The quantitative estimate of drug-likeness (QED) is 0.155. The molecule has 0 saturated carbocycles. The van der Waals surface area contributed by atoms with Crippen molar-refractivity contribution >= 4 is 21.8 Å². The molecule has 4 heterocycles. The lowest BCUT2D eigenvalue weighted by molar-refractivity contribution is 0.589. The first kappa shape index (κ1) is 37.3. The van der Waals surface area contributed by atoms with Crippen molar-refractivity contribution in [1.29, 1.82) is 0 Å². The summed E-state index contributed by atoms with van der Waals surface area (Å²) in [5.74, 6) is 3.40. The normalized spacial score (nSPS) is 11.4. The van der Waals surface area contributed by atoms with Gasteiger partial charge in [-0.3, -0.25) is 0 Å². The Morgan fingerprint density at radius 3 is 1.26 bits per heavy atom. The second-order valence-electron chi connectivity index (χ2n) is 14.7. The fraction of sp³-hybridized carbons (Fsp3) is 0.0816. The lowest BCUT2D eigenvalue weighted by Crippen LogP contribution is -2.04. The second-order valence-corrected chi connectivity index (χ2v) is 14.7. The number of rotatable bonds is 7. The molecule has 0 N–H and O–H groups in total. The third-order valence-electron chi connectivity index (χ3n) is 10.4. The molecule has 0 aliphatic rings. The van der Waals surface area contributed by atoms with Crippen LogP contribution in [0.4, 0.5) is 8.78 Å². The zero-order valence-corrected chi connectivity index (χ0v) is 33.4. The summed E-state index contributed by atoms with van der Waals surface area (Å²) in [5.41, 5.74) is 6.22. The Labute approximate surface area is 348 Å². The van der Waals surface area contributed by atoms with E-state index in [0.717, 1.165) is 44.1 Å². The molecule has 0 radical (unpaired) electrons. The summed E-state index contributed by atoms with van der Waals surface area (Å²) < 4.78 is 33.3. The van der Waals surface area contributed by atoms with Crippen LogP contribution in [0.15, 0.2) is 133 Å². The first-order chi connectivity index (χ1) is 29.7. The first-order valence-electron chi connectivity index (χ1n) is 19.6. The summed E-state index contributed by atoms with van der Waals surface area (Å²) in [6.07, 6.45) is 0. The predicted octanol–water partition coefficient (Wildman–Crippen LogP) is 10.9. The molecule has 6 aromatic carbocycles. The topological polar surface area (TPSA) is 121 Å². The van der Waals surface area contributed by atoms with Crippen LogP contribution in [-0.2, 0) is 0 Å². The van der Waals surface area contributed by atoms with Gasteiger partial charge in [-0.1, -0.05) is 72.8 Å². The standard InChI is InChI=1S/C49H34F2N10/c1-27-52-28(2)55-47(54-27)34-19-22-41-36(25-34)37-26-35(48-56-29(3)53-30(4)57-48)20-23-42(37)61(41)43-21-18-33(44-39(50)16-11-17-40(44)51)24-38(43)49-59-45(31-12-7-5-8-13-31)58-46(60-49)32-14-9-6-10-15-32/h5-26H,1-4H3. The molecule has 0 aliphatic carbocycles. The highest BCUT2D eigenvalue weighted by Gasteiger charge is 2.23. The molecule has 0 saturated heterocycles. The van der Waals surface area contributed by atoms with Gasteiger partial charge >= 0.3 is 0 Å². The monoisotopic (exact) mass is 800 g/mol. The van der Waals surface area contributed by atoms with E-state index in [4.69, 9.17) is 15.0 Å². The highest BCUT2D eigenvalue weighted by molar-refractivity contribution is 6.12. The molecule has 0 spiro atoms. The fourth-order valence-electron chi connectivity index (χ4n) is 7.82. The Morgan fingerprint density at radius 1 is 0.361 bits per heavy atom. The van der Waals surface area contributed by atoms with Crippen LogP contribution in [-0.4, -0.2) is 49.4 Å². The van der Waals surface area contributed by atoms with Gasteiger partial charge in [-0.2, -0.15) is 0 Å². The van der Waals surface area contributed by atoms with Crippen LogP contribution >= 0.6 is 0 Å². The van der Waals surface area contributed by atoms with Crippen LogP contribution in [0.25, 0.3) is 95.6 Å². The molecule has 4 aromatic heterocycles. The Balaban J connectivity index is 1.29. The highest BCUT2D eigenvalue weighted by Crippen LogP contribution is 2.41. The molecule has 61 heavy (non-hydrogen) atoms. The van der Waals surface area contributed by atoms with Crippen molar-refractivity contribution in [2.24, 2.45) is 0 Å². The van der Waals surface area contributed by atoms with E-state index in [-0.39, 0.29) is 5.56 Å². The Hall–Kier alpha value is -7.99. The number of fused-ring (bicyclic) bond motifs is 3. The minimum atomic E-state index is -0.686. The minimum Gasteiger partial charge on any atom is -0.308 e. The van der Waals surface area contributed by atoms with Crippen LogP contribution < -0.4 is 0 Å². The largest absolute Gasteiger partial charge is 0.308 e. The van der Waals surface area contributed by atoms with E-state index >= 15 is 8.78 Å². The molecule has 0 unspecified atom stereocenters. The molecule has 0 amide bonds. The van der Waals surface area contributed by atoms with Crippen LogP contribution in [0.2, 0.25) is 0 Å². The van der Waals surface area contributed by atoms with Crippen LogP contribution in [0, 0.1) is 39.3 Å². The molecule has 0 atom stereocenters. The van der Waals surface area contributed by atoms with Gasteiger partial charge < -0.3 is 4.57 Å². The van der Waals surface area contributed by atoms with Crippen LogP contribution in [0.5, 0.6) is 0 Å². The molecule has 294 valence electrons. The highest BCUT2D eigenvalue weighted by atomic mass is 19.1. The van der Waals surface area contributed by atoms with E-state index in [1.54, 1.807) is 12.1 Å².